The first-order chi connectivity index (χ1) is 16.1. The Morgan fingerprint density at radius 2 is 1.79 bits per heavy atom. The molecule has 0 bridgehead atoms. The number of benzene rings is 2. The third-order valence-electron chi connectivity index (χ3n) is 6.21. The Morgan fingerprint density at radius 1 is 1.00 bits per heavy atom. The molecule has 0 saturated heterocycles. The van der Waals surface area contributed by atoms with Crippen molar-refractivity contribution in [3.8, 4) is 22.8 Å². The second-order valence-electron chi connectivity index (χ2n) is 8.45. The van der Waals surface area contributed by atoms with Gasteiger partial charge in [0.25, 0.3) is 0 Å². The second kappa shape index (κ2) is 8.71. The average molecular weight is 446 g/mol. The maximum Gasteiger partial charge on any atom is 0.124 e. The molecule has 1 aliphatic rings. The van der Waals surface area contributed by atoms with Crippen LogP contribution in [0.1, 0.15) is 6.42 Å². The molecule has 8 nitrogen and oxygen atoms in total. The number of aliphatic hydroxyl groups excluding tert-OH is 1. The summed E-state index contributed by atoms with van der Waals surface area (Å²) in [7, 11) is 5.18. The lowest BCUT2D eigenvalue weighted by Crippen LogP contribution is -2.21. The summed E-state index contributed by atoms with van der Waals surface area (Å²) >= 11 is 0. The van der Waals surface area contributed by atoms with Gasteiger partial charge >= 0.3 is 0 Å². The molecule has 1 fully saturated rings. The molecule has 2 aromatic heterocycles. The molecule has 0 amide bonds. The third kappa shape index (κ3) is 4.34. The quantitative estimate of drug-likeness (QED) is 0.441. The fourth-order valence-corrected chi connectivity index (χ4v) is 4.16. The molecular formula is C25H27N5O3. The zero-order chi connectivity index (χ0) is 22.9. The van der Waals surface area contributed by atoms with Crippen LogP contribution in [0.5, 0.6) is 11.5 Å². The summed E-state index contributed by atoms with van der Waals surface area (Å²) in [4.78, 5) is 11.7. The first kappa shape index (κ1) is 21.2. The molecule has 1 N–H and O–H groups in total. The summed E-state index contributed by atoms with van der Waals surface area (Å²) in [5.74, 6) is 2.22. The summed E-state index contributed by atoms with van der Waals surface area (Å²) in [5.41, 5.74) is 5.31. The lowest BCUT2D eigenvalue weighted by Gasteiger charge is -2.26. The van der Waals surface area contributed by atoms with Gasteiger partial charge in [-0.1, -0.05) is 0 Å². The van der Waals surface area contributed by atoms with E-state index in [1.165, 1.54) is 0 Å². The highest BCUT2D eigenvalue weighted by molar-refractivity contribution is 5.82. The van der Waals surface area contributed by atoms with Gasteiger partial charge < -0.3 is 19.5 Å². The topological polar surface area (TPSA) is 85.5 Å². The number of aliphatic hydroxyl groups is 1. The van der Waals surface area contributed by atoms with Gasteiger partial charge in [-0.2, -0.15) is 5.10 Å². The van der Waals surface area contributed by atoms with Gasteiger partial charge in [0.2, 0.25) is 0 Å². The van der Waals surface area contributed by atoms with E-state index in [9.17, 15) is 5.11 Å². The van der Waals surface area contributed by atoms with Crippen molar-refractivity contribution in [2.75, 3.05) is 32.3 Å². The van der Waals surface area contributed by atoms with Crippen LogP contribution in [-0.2, 0) is 7.05 Å². The zero-order valence-corrected chi connectivity index (χ0v) is 19.0. The van der Waals surface area contributed by atoms with Crippen LogP contribution in [0.15, 0.2) is 55.0 Å². The molecule has 0 spiro atoms. The third-order valence-corrected chi connectivity index (χ3v) is 6.21. The summed E-state index contributed by atoms with van der Waals surface area (Å²) in [6, 6.07) is 12.0. The Labute approximate surface area is 192 Å². The molecule has 2 aromatic carbocycles. The molecule has 8 heteroatoms. The van der Waals surface area contributed by atoms with Crippen LogP contribution < -0.4 is 14.4 Å². The van der Waals surface area contributed by atoms with E-state index in [4.69, 9.17) is 14.5 Å². The van der Waals surface area contributed by atoms with E-state index >= 15 is 0 Å². The molecular weight excluding hydrogens is 418 g/mol. The van der Waals surface area contributed by atoms with Crippen molar-refractivity contribution < 1.29 is 14.6 Å². The normalized spacial score (nSPS) is 17.2. The standard InChI is InChI=1S/C25H27N5O3/c1-29-13-18(11-27-29)25-12-26-23-5-4-19(9-24(23)28-25)30(14-16-6-17(16)15-31)20-7-21(32-2)10-22(8-20)33-3/h4-5,7-13,16-17,31H,6,14-15H2,1-3H3. The van der Waals surface area contributed by atoms with E-state index in [1.807, 2.05) is 37.5 Å². The van der Waals surface area contributed by atoms with Crippen LogP contribution in [0.25, 0.3) is 22.3 Å². The maximum atomic E-state index is 9.59. The molecule has 33 heavy (non-hydrogen) atoms. The highest BCUT2D eigenvalue weighted by atomic mass is 16.5. The van der Waals surface area contributed by atoms with Gasteiger partial charge in [-0.05, 0) is 36.5 Å². The van der Waals surface area contributed by atoms with E-state index in [-0.39, 0.29) is 6.61 Å². The van der Waals surface area contributed by atoms with Crippen LogP contribution in [0.3, 0.4) is 0 Å². The van der Waals surface area contributed by atoms with Gasteiger partial charge in [-0.15, -0.1) is 0 Å². The van der Waals surface area contributed by atoms with Gasteiger partial charge in [0, 0.05) is 61.5 Å². The number of ether oxygens (including phenoxy) is 2. The predicted octanol–water partition coefficient (Wildman–Crippen LogP) is 3.81. The van der Waals surface area contributed by atoms with Crippen molar-refractivity contribution in [2.24, 2.45) is 18.9 Å². The van der Waals surface area contributed by atoms with Crippen molar-refractivity contribution in [3.05, 3.63) is 55.0 Å². The van der Waals surface area contributed by atoms with Crippen LogP contribution in [0.2, 0.25) is 0 Å². The smallest absolute Gasteiger partial charge is 0.124 e. The molecule has 1 aliphatic carbocycles. The molecule has 5 rings (SSSR count). The maximum absolute atomic E-state index is 9.59. The predicted molar refractivity (Wildman–Crippen MR) is 127 cm³/mol. The van der Waals surface area contributed by atoms with Crippen molar-refractivity contribution in [3.63, 3.8) is 0 Å². The molecule has 0 radical (unpaired) electrons. The van der Waals surface area contributed by atoms with E-state index < -0.39 is 0 Å². The van der Waals surface area contributed by atoms with Crippen molar-refractivity contribution in [2.45, 2.75) is 6.42 Å². The minimum atomic E-state index is 0.220. The molecule has 2 unspecified atom stereocenters. The van der Waals surface area contributed by atoms with E-state index in [2.05, 4.69) is 27.1 Å². The fraction of sp³-hybridized carbons (Fsp3) is 0.320. The Balaban J connectivity index is 1.57. The monoisotopic (exact) mass is 445 g/mol. The van der Waals surface area contributed by atoms with Gasteiger partial charge in [0.1, 0.15) is 11.5 Å². The lowest BCUT2D eigenvalue weighted by atomic mass is 10.1. The minimum Gasteiger partial charge on any atom is -0.497 e. The molecule has 1 saturated carbocycles. The number of anilines is 2. The lowest BCUT2D eigenvalue weighted by molar-refractivity contribution is 0.269. The van der Waals surface area contributed by atoms with Crippen molar-refractivity contribution in [1.29, 1.82) is 0 Å². The summed E-state index contributed by atoms with van der Waals surface area (Å²) in [5, 5.41) is 13.8. The van der Waals surface area contributed by atoms with E-state index in [0.717, 1.165) is 58.1 Å². The van der Waals surface area contributed by atoms with Crippen LogP contribution in [0.4, 0.5) is 11.4 Å². The number of rotatable bonds is 8. The van der Waals surface area contributed by atoms with Crippen LogP contribution >= 0.6 is 0 Å². The van der Waals surface area contributed by atoms with Gasteiger partial charge in [-0.3, -0.25) is 9.67 Å². The second-order valence-corrected chi connectivity index (χ2v) is 8.45. The first-order valence-electron chi connectivity index (χ1n) is 10.9. The SMILES string of the molecule is COc1cc(OC)cc(N(CC2CC2CO)c2ccc3ncc(-c4cnn(C)c4)nc3c2)c1. The van der Waals surface area contributed by atoms with Crippen molar-refractivity contribution in [1.82, 2.24) is 19.7 Å². The summed E-state index contributed by atoms with van der Waals surface area (Å²) in [6.07, 6.45) is 6.51. The zero-order valence-electron chi connectivity index (χ0n) is 19.0. The molecule has 4 aromatic rings. The first-order valence-corrected chi connectivity index (χ1v) is 10.9. The number of nitrogens with zero attached hydrogens (tertiary/aromatic N) is 5. The molecule has 0 aliphatic heterocycles. The highest BCUT2D eigenvalue weighted by Gasteiger charge is 2.38. The Hall–Kier alpha value is -3.65. The van der Waals surface area contributed by atoms with Gasteiger partial charge in [-0.25, -0.2) is 4.98 Å². The number of hydrogen-bond acceptors (Lipinski definition) is 7. The Bertz CT molecular complexity index is 1270. The van der Waals surface area contributed by atoms with Crippen LogP contribution in [0, 0.1) is 11.8 Å². The van der Waals surface area contributed by atoms with Crippen molar-refractivity contribution >= 4 is 22.4 Å². The number of aryl methyl sites for hydroxylation is 1. The fourth-order valence-electron chi connectivity index (χ4n) is 4.16. The van der Waals surface area contributed by atoms with Gasteiger partial charge in [0.15, 0.2) is 0 Å². The Morgan fingerprint density at radius 3 is 2.42 bits per heavy atom. The van der Waals surface area contributed by atoms with Gasteiger partial charge in [0.05, 0.1) is 43.3 Å². The molecule has 2 atom stereocenters. The minimum absolute atomic E-state index is 0.220. The summed E-state index contributed by atoms with van der Waals surface area (Å²) in [6.45, 7) is 1.00. The van der Waals surface area contributed by atoms with E-state index in [0.29, 0.717) is 11.8 Å². The largest absolute Gasteiger partial charge is 0.497 e. The Kier molecular flexibility index (Phi) is 5.60. The number of aromatic nitrogens is 4. The highest BCUT2D eigenvalue weighted by Crippen LogP contribution is 2.42. The number of fused-ring (bicyclic) bond motifs is 1. The average Bonchev–Trinajstić information content (AvgIpc) is 3.48. The van der Waals surface area contributed by atoms with Crippen LogP contribution in [-0.4, -0.2) is 52.2 Å². The summed E-state index contributed by atoms with van der Waals surface area (Å²) < 4.78 is 12.8. The number of methoxy groups -OCH3 is 2. The molecule has 170 valence electrons. The number of hydrogen-bond donors (Lipinski definition) is 1. The van der Waals surface area contributed by atoms with E-state index in [1.54, 1.807) is 31.3 Å². The molecule has 2 heterocycles.